The molecule has 0 heterocycles. The molecule has 2 heteroatoms. The summed E-state index contributed by atoms with van der Waals surface area (Å²) < 4.78 is 0. The van der Waals surface area contributed by atoms with Crippen LogP contribution in [0, 0.1) is 0 Å². The Labute approximate surface area is 169 Å². The van der Waals surface area contributed by atoms with E-state index in [9.17, 15) is 4.79 Å². The van der Waals surface area contributed by atoms with Gasteiger partial charge in [0, 0.05) is 12.1 Å². The molecule has 0 N–H and O–H groups in total. The van der Waals surface area contributed by atoms with Crippen LogP contribution in [0.25, 0.3) is 0 Å². The number of amides is 1. The molecule has 0 saturated heterocycles. The zero-order valence-corrected chi connectivity index (χ0v) is 18.1. The summed E-state index contributed by atoms with van der Waals surface area (Å²) in [6.45, 7) is 0. The van der Waals surface area contributed by atoms with E-state index in [1.807, 2.05) is 0 Å². The molecule has 1 radical (unpaired) electrons. The summed E-state index contributed by atoms with van der Waals surface area (Å²) in [5.41, 5.74) is 0. The van der Waals surface area contributed by atoms with Crippen molar-refractivity contribution in [2.45, 2.75) is 153 Å². The average molecular weight is 377 g/mol. The van der Waals surface area contributed by atoms with E-state index in [0.717, 1.165) is 0 Å². The molecule has 27 heavy (non-hydrogen) atoms. The van der Waals surface area contributed by atoms with Gasteiger partial charge in [-0.15, -0.1) is 0 Å². The Balaban J connectivity index is 1.93. The van der Waals surface area contributed by atoms with Crippen molar-refractivity contribution in [3.05, 3.63) is 0 Å². The Hall–Kier alpha value is -0.530. The van der Waals surface area contributed by atoms with Gasteiger partial charge < -0.3 is 4.90 Å². The third kappa shape index (κ3) is 9.99. The van der Waals surface area contributed by atoms with Crippen LogP contribution in [0.1, 0.15) is 141 Å². The van der Waals surface area contributed by atoms with E-state index in [2.05, 4.69) is 11.3 Å². The summed E-state index contributed by atoms with van der Waals surface area (Å²) in [5, 5.41) is 0. The maximum absolute atomic E-state index is 12.1. The quantitative estimate of drug-likeness (QED) is 0.462. The van der Waals surface area contributed by atoms with Gasteiger partial charge in [-0.25, -0.2) is 0 Å². The van der Waals surface area contributed by atoms with E-state index in [-0.39, 0.29) is 0 Å². The smallest absolute Gasteiger partial charge is 0.312 e. The largest absolute Gasteiger partial charge is 0.328 e. The van der Waals surface area contributed by atoms with Crippen LogP contribution in [0.3, 0.4) is 0 Å². The van der Waals surface area contributed by atoms with Gasteiger partial charge in [0.25, 0.3) is 0 Å². The zero-order chi connectivity index (χ0) is 19.0. The van der Waals surface area contributed by atoms with E-state index in [4.69, 9.17) is 0 Å². The lowest BCUT2D eigenvalue weighted by atomic mass is 9.93. The Morgan fingerprint density at radius 2 is 0.630 bits per heavy atom. The Morgan fingerprint density at radius 3 is 0.852 bits per heavy atom. The van der Waals surface area contributed by atoms with Gasteiger partial charge in [-0.05, 0) is 25.7 Å². The second kappa shape index (κ2) is 15.4. The summed E-state index contributed by atoms with van der Waals surface area (Å²) in [4.78, 5) is 14.2. The van der Waals surface area contributed by atoms with Crippen LogP contribution >= 0.6 is 0 Å². The maximum atomic E-state index is 12.1. The van der Waals surface area contributed by atoms with Crippen molar-refractivity contribution in [1.29, 1.82) is 0 Å². The van der Waals surface area contributed by atoms with Crippen molar-refractivity contribution < 1.29 is 4.79 Å². The van der Waals surface area contributed by atoms with E-state index in [0.29, 0.717) is 12.1 Å². The van der Waals surface area contributed by atoms with Crippen molar-refractivity contribution in [3.8, 4) is 0 Å². The van der Waals surface area contributed by atoms with Crippen LogP contribution < -0.4 is 0 Å². The second-order valence-electron chi connectivity index (χ2n) is 9.32. The third-order valence-corrected chi connectivity index (χ3v) is 7.04. The molecule has 0 spiro atoms. The fourth-order valence-corrected chi connectivity index (χ4v) is 5.29. The molecule has 0 atom stereocenters. The summed E-state index contributed by atoms with van der Waals surface area (Å²) in [7, 11) is 0. The van der Waals surface area contributed by atoms with Gasteiger partial charge in [0.1, 0.15) is 0 Å². The minimum absolute atomic E-state index is 0.458. The van der Waals surface area contributed by atoms with Gasteiger partial charge in [0.15, 0.2) is 0 Å². The van der Waals surface area contributed by atoms with Gasteiger partial charge in [0.05, 0.1) is 0 Å². The van der Waals surface area contributed by atoms with Crippen molar-refractivity contribution in [2.75, 3.05) is 0 Å². The fraction of sp³-hybridized carbons (Fsp3) is 0.960. The maximum Gasteiger partial charge on any atom is 0.312 e. The Kier molecular flexibility index (Phi) is 13.0. The molecule has 157 valence electrons. The number of nitrogens with zero attached hydrogens (tertiary/aromatic N) is 1. The molecule has 0 aliphatic heterocycles. The Bertz CT molecular complexity index is 302. The van der Waals surface area contributed by atoms with Crippen molar-refractivity contribution >= 4 is 6.41 Å². The highest BCUT2D eigenvalue weighted by Gasteiger charge is 2.25. The minimum atomic E-state index is 0.458. The molecule has 2 saturated carbocycles. The molecular formula is C25H46NO. The Morgan fingerprint density at radius 1 is 0.407 bits per heavy atom. The molecule has 0 bridgehead atoms. The first-order valence-corrected chi connectivity index (χ1v) is 12.6. The molecule has 2 aliphatic carbocycles. The normalized spacial score (nSPS) is 24.6. The summed E-state index contributed by atoms with van der Waals surface area (Å²) in [6, 6.07) is 0.916. The molecule has 0 unspecified atom stereocenters. The fourth-order valence-electron chi connectivity index (χ4n) is 5.29. The number of hydrogen-bond acceptors (Lipinski definition) is 1. The van der Waals surface area contributed by atoms with E-state index >= 15 is 0 Å². The van der Waals surface area contributed by atoms with Crippen LogP contribution in [-0.2, 0) is 4.79 Å². The van der Waals surface area contributed by atoms with E-state index < -0.39 is 0 Å². The lowest BCUT2D eigenvalue weighted by molar-refractivity contribution is 0.174. The highest BCUT2D eigenvalue weighted by Crippen LogP contribution is 2.26. The van der Waals surface area contributed by atoms with Gasteiger partial charge >= 0.3 is 6.41 Å². The van der Waals surface area contributed by atoms with Crippen LogP contribution in [-0.4, -0.2) is 23.4 Å². The molecule has 0 aromatic rings. The van der Waals surface area contributed by atoms with Crippen LogP contribution in [0.15, 0.2) is 0 Å². The summed E-state index contributed by atoms with van der Waals surface area (Å²) in [6.07, 6.45) is 32.0. The van der Waals surface area contributed by atoms with E-state index in [1.54, 1.807) is 0 Å². The molecule has 0 aromatic heterocycles. The molecule has 2 nitrogen and oxygen atoms in total. The van der Waals surface area contributed by atoms with Crippen molar-refractivity contribution in [2.24, 2.45) is 0 Å². The van der Waals surface area contributed by atoms with Crippen molar-refractivity contribution in [3.63, 3.8) is 0 Å². The predicted molar refractivity (Wildman–Crippen MR) is 117 cm³/mol. The van der Waals surface area contributed by atoms with Gasteiger partial charge in [-0.3, -0.25) is 4.79 Å². The molecular weight excluding hydrogens is 330 g/mol. The SMILES string of the molecule is O=[C]N(C1CCCCCCCCCCC1)C1CCCCCCCCCCC1. The van der Waals surface area contributed by atoms with Crippen LogP contribution in [0.2, 0.25) is 0 Å². The number of carbonyl (C=O) groups excluding carboxylic acids is 1. The second-order valence-corrected chi connectivity index (χ2v) is 9.32. The van der Waals surface area contributed by atoms with Gasteiger partial charge in [-0.1, -0.05) is 116 Å². The third-order valence-electron chi connectivity index (χ3n) is 7.04. The van der Waals surface area contributed by atoms with Crippen LogP contribution in [0.4, 0.5) is 0 Å². The molecule has 0 aromatic carbocycles. The van der Waals surface area contributed by atoms with E-state index in [1.165, 1.54) is 141 Å². The first-order valence-electron chi connectivity index (χ1n) is 12.6. The molecule has 2 rings (SSSR count). The van der Waals surface area contributed by atoms with Crippen LogP contribution in [0.5, 0.6) is 0 Å². The van der Waals surface area contributed by atoms with Gasteiger partial charge in [-0.2, -0.15) is 0 Å². The lowest BCUT2D eigenvalue weighted by Gasteiger charge is -2.35. The van der Waals surface area contributed by atoms with Gasteiger partial charge in [0.2, 0.25) is 0 Å². The number of hydrogen-bond donors (Lipinski definition) is 0. The summed E-state index contributed by atoms with van der Waals surface area (Å²) in [5.74, 6) is 0. The molecule has 2 fully saturated rings. The first kappa shape index (κ1) is 22.8. The molecule has 2 aliphatic rings. The highest BCUT2D eigenvalue weighted by molar-refractivity contribution is 5.49. The minimum Gasteiger partial charge on any atom is -0.328 e. The monoisotopic (exact) mass is 376 g/mol. The summed E-state index contributed by atoms with van der Waals surface area (Å²) >= 11 is 0. The average Bonchev–Trinajstić information content (AvgIpc) is 2.65. The zero-order valence-electron chi connectivity index (χ0n) is 18.1. The van der Waals surface area contributed by atoms with Crippen molar-refractivity contribution in [1.82, 2.24) is 4.90 Å². The topological polar surface area (TPSA) is 20.3 Å². The number of rotatable bonds is 3. The first-order chi connectivity index (χ1) is 13.4. The predicted octanol–water partition coefficient (Wildman–Crippen LogP) is 7.70. The lowest BCUT2D eigenvalue weighted by Crippen LogP contribution is -2.42. The highest BCUT2D eigenvalue weighted by atomic mass is 16.1. The molecule has 1 amide bonds. The standard InChI is InChI=1S/C25H46NO/c27-23-26(24-19-15-11-7-3-1-4-8-12-16-20-24)25-21-17-13-9-5-2-6-10-14-18-22-25/h24-25H,1-22H2.